The fourth-order valence-corrected chi connectivity index (χ4v) is 1.39. The number of anilines is 1. The molecule has 0 heterocycles. The quantitative estimate of drug-likeness (QED) is 0.735. The summed E-state index contributed by atoms with van der Waals surface area (Å²) < 4.78 is 0. The lowest BCUT2D eigenvalue weighted by molar-refractivity contribution is -0.116. The van der Waals surface area contributed by atoms with Gasteiger partial charge >= 0.3 is 0 Å². The van der Waals surface area contributed by atoms with Crippen molar-refractivity contribution in [2.24, 2.45) is 0 Å². The summed E-state index contributed by atoms with van der Waals surface area (Å²) in [6.45, 7) is 3.69. The molecule has 2 N–H and O–H groups in total. The maximum Gasteiger partial charge on any atom is 0.225 e. The maximum atomic E-state index is 11.5. The average molecular weight is 231 g/mol. The largest absolute Gasteiger partial charge is 0.326 e. The topological polar surface area (TPSA) is 64.9 Å². The van der Waals surface area contributed by atoms with Crippen LogP contribution in [-0.4, -0.2) is 19.0 Å². The summed E-state index contributed by atoms with van der Waals surface area (Å²) in [6.07, 6.45) is 1.50. The van der Waals surface area contributed by atoms with E-state index in [2.05, 4.69) is 17.6 Å². The molecule has 0 fully saturated rings. The lowest BCUT2D eigenvalue weighted by Gasteiger charge is -2.06. The predicted octanol–water partition coefficient (Wildman–Crippen LogP) is 1.89. The van der Waals surface area contributed by atoms with Crippen LogP contribution >= 0.6 is 0 Å². The number of amides is 1. The third kappa shape index (κ3) is 5.14. The number of rotatable bonds is 6. The van der Waals surface area contributed by atoms with Gasteiger partial charge in [-0.05, 0) is 31.2 Å². The van der Waals surface area contributed by atoms with Gasteiger partial charge < -0.3 is 10.6 Å². The van der Waals surface area contributed by atoms with Crippen molar-refractivity contribution in [1.82, 2.24) is 5.32 Å². The van der Waals surface area contributed by atoms with Gasteiger partial charge in [0.1, 0.15) is 0 Å². The van der Waals surface area contributed by atoms with Gasteiger partial charge in [-0.15, -0.1) is 0 Å². The van der Waals surface area contributed by atoms with Gasteiger partial charge in [0.25, 0.3) is 0 Å². The van der Waals surface area contributed by atoms with Gasteiger partial charge in [-0.25, -0.2) is 0 Å². The Morgan fingerprint density at radius 3 is 2.94 bits per heavy atom. The molecule has 17 heavy (non-hydrogen) atoms. The minimum Gasteiger partial charge on any atom is -0.326 e. The van der Waals surface area contributed by atoms with Crippen molar-refractivity contribution in [2.75, 3.05) is 18.4 Å². The Labute approximate surface area is 102 Å². The summed E-state index contributed by atoms with van der Waals surface area (Å²) in [6, 6.07) is 8.94. The molecule has 0 bridgehead atoms. The van der Waals surface area contributed by atoms with Crippen molar-refractivity contribution >= 4 is 11.6 Å². The lowest BCUT2D eigenvalue weighted by Crippen LogP contribution is -2.22. The molecule has 0 spiro atoms. The Kier molecular flexibility index (Phi) is 5.76. The van der Waals surface area contributed by atoms with Crippen molar-refractivity contribution in [3.8, 4) is 6.07 Å². The third-order valence-electron chi connectivity index (χ3n) is 2.23. The van der Waals surface area contributed by atoms with E-state index in [0.717, 1.165) is 13.0 Å². The molecule has 0 aliphatic heterocycles. The summed E-state index contributed by atoms with van der Waals surface area (Å²) in [4.78, 5) is 11.5. The van der Waals surface area contributed by atoms with Crippen LogP contribution in [0, 0.1) is 11.3 Å². The first-order chi connectivity index (χ1) is 8.26. The Morgan fingerprint density at radius 1 is 1.41 bits per heavy atom. The fraction of sp³-hybridized carbons (Fsp3) is 0.385. The molecule has 0 atom stereocenters. The number of carbonyl (C=O) groups is 1. The molecule has 0 radical (unpaired) electrons. The van der Waals surface area contributed by atoms with Crippen LogP contribution in [0.1, 0.15) is 25.3 Å². The van der Waals surface area contributed by atoms with E-state index in [-0.39, 0.29) is 5.91 Å². The highest BCUT2D eigenvalue weighted by Gasteiger charge is 2.02. The molecule has 1 aromatic rings. The maximum absolute atomic E-state index is 11.5. The molecule has 0 aromatic heterocycles. The van der Waals surface area contributed by atoms with E-state index in [1.165, 1.54) is 0 Å². The van der Waals surface area contributed by atoms with Gasteiger partial charge in [0, 0.05) is 18.7 Å². The van der Waals surface area contributed by atoms with Crippen LogP contribution in [0.15, 0.2) is 24.3 Å². The monoisotopic (exact) mass is 231 g/mol. The van der Waals surface area contributed by atoms with Crippen LogP contribution < -0.4 is 10.6 Å². The second-order valence-corrected chi connectivity index (χ2v) is 3.74. The second kappa shape index (κ2) is 7.42. The first-order valence-electron chi connectivity index (χ1n) is 5.77. The average Bonchev–Trinajstić information content (AvgIpc) is 2.35. The second-order valence-electron chi connectivity index (χ2n) is 3.74. The first kappa shape index (κ1) is 13.2. The molecule has 0 aliphatic rings. The van der Waals surface area contributed by atoms with Gasteiger partial charge in [-0.2, -0.15) is 5.26 Å². The fourth-order valence-electron chi connectivity index (χ4n) is 1.39. The Bertz CT molecular complexity index is 409. The summed E-state index contributed by atoms with van der Waals surface area (Å²) in [5.74, 6) is -0.0382. The lowest BCUT2D eigenvalue weighted by atomic mass is 10.2. The Hall–Kier alpha value is -1.86. The van der Waals surface area contributed by atoms with Crippen molar-refractivity contribution in [1.29, 1.82) is 5.26 Å². The molecule has 90 valence electrons. The van der Waals surface area contributed by atoms with Crippen LogP contribution in [0.25, 0.3) is 0 Å². The molecule has 0 saturated carbocycles. The minimum absolute atomic E-state index is 0.0382. The number of hydrogen-bond donors (Lipinski definition) is 2. The van der Waals surface area contributed by atoms with Gasteiger partial charge in [0.2, 0.25) is 5.91 Å². The van der Waals surface area contributed by atoms with Gasteiger partial charge in [-0.3, -0.25) is 4.79 Å². The molecular formula is C13H17N3O. The standard InChI is InChI=1S/C13H17N3O/c1-2-7-15-8-6-13(17)16-12-5-3-4-11(9-12)10-14/h3-5,9,15H,2,6-8H2,1H3,(H,16,17). The van der Waals surface area contributed by atoms with Crippen LogP contribution in [0.4, 0.5) is 5.69 Å². The zero-order chi connectivity index (χ0) is 12.5. The molecular weight excluding hydrogens is 214 g/mol. The number of nitriles is 1. The van der Waals surface area contributed by atoms with E-state index in [4.69, 9.17) is 5.26 Å². The zero-order valence-electron chi connectivity index (χ0n) is 9.99. The molecule has 4 heteroatoms. The predicted molar refractivity (Wildman–Crippen MR) is 67.6 cm³/mol. The minimum atomic E-state index is -0.0382. The van der Waals surface area contributed by atoms with E-state index in [1.54, 1.807) is 24.3 Å². The summed E-state index contributed by atoms with van der Waals surface area (Å²) >= 11 is 0. The highest BCUT2D eigenvalue weighted by Crippen LogP contribution is 2.09. The van der Waals surface area contributed by atoms with Crippen LogP contribution in [0.5, 0.6) is 0 Å². The molecule has 0 aliphatic carbocycles. The normalized spacial score (nSPS) is 9.65. The molecule has 1 aromatic carbocycles. The number of nitrogens with one attached hydrogen (secondary N) is 2. The van der Waals surface area contributed by atoms with Crippen LogP contribution in [0.3, 0.4) is 0 Å². The van der Waals surface area contributed by atoms with E-state index in [1.807, 2.05) is 6.07 Å². The van der Waals surface area contributed by atoms with Gasteiger partial charge in [0.05, 0.1) is 11.6 Å². The first-order valence-corrected chi connectivity index (χ1v) is 5.77. The summed E-state index contributed by atoms with van der Waals surface area (Å²) in [5, 5.41) is 14.6. The summed E-state index contributed by atoms with van der Waals surface area (Å²) in [5.41, 5.74) is 1.22. The van der Waals surface area contributed by atoms with E-state index in [0.29, 0.717) is 24.2 Å². The number of benzene rings is 1. The summed E-state index contributed by atoms with van der Waals surface area (Å²) in [7, 11) is 0. The third-order valence-corrected chi connectivity index (χ3v) is 2.23. The zero-order valence-corrected chi connectivity index (χ0v) is 9.99. The molecule has 1 rings (SSSR count). The Balaban J connectivity index is 2.37. The Morgan fingerprint density at radius 2 is 2.24 bits per heavy atom. The van der Waals surface area contributed by atoms with E-state index < -0.39 is 0 Å². The van der Waals surface area contributed by atoms with Crippen molar-refractivity contribution in [2.45, 2.75) is 19.8 Å². The van der Waals surface area contributed by atoms with E-state index >= 15 is 0 Å². The van der Waals surface area contributed by atoms with Crippen molar-refractivity contribution < 1.29 is 4.79 Å². The molecule has 4 nitrogen and oxygen atoms in total. The van der Waals surface area contributed by atoms with Crippen LogP contribution in [0.2, 0.25) is 0 Å². The molecule has 1 amide bonds. The molecule has 0 unspecified atom stereocenters. The highest BCUT2D eigenvalue weighted by molar-refractivity contribution is 5.90. The van der Waals surface area contributed by atoms with Gasteiger partial charge in [0.15, 0.2) is 0 Å². The van der Waals surface area contributed by atoms with Gasteiger partial charge in [-0.1, -0.05) is 13.0 Å². The SMILES string of the molecule is CCCNCCC(=O)Nc1cccc(C#N)c1. The number of hydrogen-bond acceptors (Lipinski definition) is 3. The van der Waals surface area contributed by atoms with Crippen LogP contribution in [-0.2, 0) is 4.79 Å². The number of nitrogens with zero attached hydrogens (tertiary/aromatic N) is 1. The number of carbonyl (C=O) groups excluding carboxylic acids is 1. The molecule has 0 saturated heterocycles. The van der Waals surface area contributed by atoms with Crippen molar-refractivity contribution in [3.63, 3.8) is 0 Å². The van der Waals surface area contributed by atoms with Crippen molar-refractivity contribution in [3.05, 3.63) is 29.8 Å². The highest BCUT2D eigenvalue weighted by atomic mass is 16.1. The van der Waals surface area contributed by atoms with E-state index in [9.17, 15) is 4.79 Å². The smallest absolute Gasteiger partial charge is 0.225 e.